The number of hydrogen-bond donors (Lipinski definition) is 0. The maximum absolute atomic E-state index is 15.4. The summed E-state index contributed by atoms with van der Waals surface area (Å²) in [7, 11) is 0. The van der Waals surface area contributed by atoms with Crippen LogP contribution in [0, 0.1) is 11.9 Å². The Kier molecular flexibility index (Phi) is 4.99. The fourth-order valence-corrected chi connectivity index (χ4v) is 3.05. The number of nitrogens with zero attached hydrogens (tertiary/aromatic N) is 2. The van der Waals surface area contributed by atoms with Gasteiger partial charge in [0.05, 0.1) is 0 Å². The molecule has 0 unspecified atom stereocenters. The van der Waals surface area contributed by atoms with Crippen LogP contribution in [-0.2, 0) is 10.4 Å². The number of amides is 1. The Labute approximate surface area is 143 Å². The van der Waals surface area contributed by atoms with Gasteiger partial charge in [0.15, 0.2) is 0 Å². The van der Waals surface area contributed by atoms with Crippen molar-refractivity contribution in [1.82, 2.24) is 9.88 Å². The Morgan fingerprint density at radius 3 is 2.74 bits per heavy atom. The van der Waals surface area contributed by atoms with Gasteiger partial charge in [0, 0.05) is 41.7 Å². The van der Waals surface area contributed by atoms with Crippen LogP contribution in [0.5, 0.6) is 0 Å². The van der Waals surface area contributed by atoms with Gasteiger partial charge < -0.3 is 9.64 Å². The highest BCUT2D eigenvalue weighted by Crippen LogP contribution is 2.42. The number of ether oxygens (including phenoxy) is 1. The Morgan fingerprint density at radius 1 is 1.52 bits per heavy atom. The first-order valence-electron chi connectivity index (χ1n) is 7.51. The molecule has 1 saturated heterocycles. The first-order valence-corrected chi connectivity index (χ1v) is 8.30. The van der Waals surface area contributed by atoms with Crippen LogP contribution >= 0.6 is 15.9 Å². The van der Waals surface area contributed by atoms with E-state index in [1.54, 1.807) is 27.7 Å². The van der Waals surface area contributed by atoms with Crippen LogP contribution in [0.25, 0.3) is 0 Å². The van der Waals surface area contributed by atoms with Crippen LogP contribution in [0.4, 0.5) is 13.6 Å². The topological polar surface area (TPSA) is 42.4 Å². The molecule has 2 heterocycles. The second kappa shape index (κ2) is 6.34. The summed E-state index contributed by atoms with van der Waals surface area (Å²) >= 11 is 3.19. The van der Waals surface area contributed by atoms with E-state index in [0.29, 0.717) is 4.47 Å². The lowest BCUT2D eigenvalue weighted by Gasteiger charge is -2.41. The van der Waals surface area contributed by atoms with Crippen LogP contribution < -0.4 is 0 Å². The highest BCUT2D eigenvalue weighted by molar-refractivity contribution is 9.10. The normalized spacial score (nSPS) is 25.3. The number of alkyl halides is 1. The molecule has 2 rings (SSSR count). The molecule has 23 heavy (non-hydrogen) atoms. The molecular weight excluding hydrogens is 370 g/mol. The molecule has 0 saturated carbocycles. The van der Waals surface area contributed by atoms with Crippen molar-refractivity contribution in [3.05, 3.63) is 28.2 Å². The summed E-state index contributed by atoms with van der Waals surface area (Å²) in [6.45, 7) is 7.33. The van der Waals surface area contributed by atoms with E-state index in [-0.39, 0.29) is 25.1 Å². The number of rotatable bonds is 1. The number of aromatic nitrogens is 1. The lowest BCUT2D eigenvalue weighted by Crippen LogP contribution is -2.50. The molecule has 0 N–H and O–H groups in total. The Morgan fingerprint density at radius 2 is 2.17 bits per heavy atom. The van der Waals surface area contributed by atoms with E-state index < -0.39 is 29.2 Å². The first-order chi connectivity index (χ1) is 10.5. The van der Waals surface area contributed by atoms with E-state index in [1.165, 1.54) is 17.2 Å². The maximum Gasteiger partial charge on any atom is 0.410 e. The average Bonchev–Trinajstić information content (AvgIpc) is 2.42. The molecular formula is C16H21BrF2N2O2. The van der Waals surface area contributed by atoms with E-state index in [0.717, 1.165) is 0 Å². The monoisotopic (exact) mass is 390 g/mol. The third-order valence-corrected chi connectivity index (χ3v) is 4.36. The van der Waals surface area contributed by atoms with Gasteiger partial charge in [0.2, 0.25) is 5.95 Å². The predicted molar refractivity (Wildman–Crippen MR) is 86.3 cm³/mol. The minimum absolute atomic E-state index is 0.00244. The van der Waals surface area contributed by atoms with Gasteiger partial charge in [-0.05, 0) is 42.8 Å². The zero-order valence-corrected chi connectivity index (χ0v) is 15.3. The number of piperidine rings is 1. The van der Waals surface area contributed by atoms with E-state index in [4.69, 9.17) is 4.74 Å². The molecule has 2 atom stereocenters. The zero-order valence-electron chi connectivity index (χ0n) is 13.7. The number of halogens is 3. The SMILES string of the molecule is C[C@H]1CN(C(=O)OC(C)(C)C)CC[C@@]1(F)c1cc(Br)cnc1F. The molecule has 0 aliphatic carbocycles. The lowest BCUT2D eigenvalue weighted by molar-refractivity contribution is -0.0232. The highest BCUT2D eigenvalue weighted by Gasteiger charge is 2.46. The number of pyridine rings is 1. The number of carbonyl (C=O) groups excluding carboxylic acids is 1. The van der Waals surface area contributed by atoms with Crippen LogP contribution in [0.15, 0.2) is 16.7 Å². The van der Waals surface area contributed by atoms with Crippen molar-refractivity contribution in [2.45, 2.75) is 45.4 Å². The quantitative estimate of drug-likeness (QED) is 0.666. The molecule has 1 aromatic heterocycles. The third kappa shape index (κ3) is 4.00. The van der Waals surface area contributed by atoms with Crippen LogP contribution in [0.2, 0.25) is 0 Å². The molecule has 0 spiro atoms. The summed E-state index contributed by atoms with van der Waals surface area (Å²) in [6.07, 6.45) is 0.824. The molecule has 1 amide bonds. The highest BCUT2D eigenvalue weighted by atomic mass is 79.9. The molecule has 4 nitrogen and oxygen atoms in total. The van der Waals surface area contributed by atoms with E-state index in [2.05, 4.69) is 20.9 Å². The molecule has 128 valence electrons. The van der Waals surface area contributed by atoms with Gasteiger partial charge in [0.1, 0.15) is 11.3 Å². The molecule has 1 aromatic rings. The van der Waals surface area contributed by atoms with Crippen LogP contribution in [-0.4, -0.2) is 34.7 Å². The summed E-state index contributed by atoms with van der Waals surface area (Å²) in [5.74, 6) is -1.39. The van der Waals surface area contributed by atoms with E-state index in [1.807, 2.05) is 0 Å². The van der Waals surface area contributed by atoms with Crippen LogP contribution in [0.3, 0.4) is 0 Å². The third-order valence-electron chi connectivity index (χ3n) is 3.93. The molecule has 1 fully saturated rings. The van der Waals surface area contributed by atoms with E-state index in [9.17, 15) is 9.18 Å². The zero-order chi connectivity index (χ0) is 17.4. The Bertz CT molecular complexity index is 606. The second-order valence-corrected chi connectivity index (χ2v) is 7.85. The van der Waals surface area contributed by atoms with E-state index >= 15 is 4.39 Å². The minimum Gasteiger partial charge on any atom is -0.444 e. The first kappa shape index (κ1) is 18.1. The van der Waals surface area contributed by atoms with Crippen molar-refractivity contribution in [2.24, 2.45) is 5.92 Å². The largest absolute Gasteiger partial charge is 0.444 e. The second-order valence-electron chi connectivity index (χ2n) is 6.93. The summed E-state index contributed by atoms with van der Waals surface area (Å²) in [6, 6.07) is 1.42. The molecule has 0 bridgehead atoms. The van der Waals surface area contributed by atoms with Gasteiger partial charge >= 0.3 is 6.09 Å². The lowest BCUT2D eigenvalue weighted by atomic mass is 9.79. The maximum atomic E-state index is 15.4. The Balaban J connectivity index is 2.17. The van der Waals surface area contributed by atoms with Gasteiger partial charge in [-0.3, -0.25) is 0 Å². The predicted octanol–water partition coefficient (Wildman–Crippen LogP) is 4.42. The Hall–Kier alpha value is -1.24. The fraction of sp³-hybridized carbons (Fsp3) is 0.625. The van der Waals surface area contributed by atoms with Crippen molar-refractivity contribution >= 4 is 22.0 Å². The van der Waals surface area contributed by atoms with Gasteiger partial charge in [-0.1, -0.05) is 6.92 Å². The molecule has 0 radical (unpaired) electrons. The summed E-state index contributed by atoms with van der Waals surface area (Å²) < 4.78 is 35.2. The number of likely N-dealkylation sites (tertiary alicyclic amines) is 1. The van der Waals surface area contributed by atoms with Crippen LogP contribution in [0.1, 0.15) is 39.7 Å². The fourth-order valence-electron chi connectivity index (χ4n) is 2.72. The standard InChI is InChI=1S/C16H21BrF2N2O2/c1-10-9-21(14(22)23-15(2,3)4)6-5-16(10,19)12-7-11(17)8-20-13(12)18/h7-8,10H,5-6,9H2,1-4H3/t10-,16-/m0/s1. The van der Waals surface area contributed by atoms with Gasteiger partial charge in [-0.25, -0.2) is 14.2 Å². The van der Waals surface area contributed by atoms with Crippen molar-refractivity contribution in [1.29, 1.82) is 0 Å². The summed E-state index contributed by atoms with van der Waals surface area (Å²) in [5, 5.41) is 0. The molecule has 7 heteroatoms. The van der Waals surface area contributed by atoms with Gasteiger partial charge in [-0.15, -0.1) is 0 Å². The average molecular weight is 391 g/mol. The minimum atomic E-state index is -1.86. The van der Waals surface area contributed by atoms with Crippen molar-refractivity contribution in [3.8, 4) is 0 Å². The van der Waals surface area contributed by atoms with Crippen molar-refractivity contribution in [3.63, 3.8) is 0 Å². The summed E-state index contributed by atoms with van der Waals surface area (Å²) in [5.41, 5.74) is -2.53. The molecule has 0 aromatic carbocycles. The van der Waals surface area contributed by atoms with Gasteiger partial charge in [0.25, 0.3) is 0 Å². The van der Waals surface area contributed by atoms with Gasteiger partial charge in [-0.2, -0.15) is 4.39 Å². The molecule has 1 aliphatic heterocycles. The number of hydrogen-bond acceptors (Lipinski definition) is 3. The van der Waals surface area contributed by atoms with Crippen molar-refractivity contribution in [2.75, 3.05) is 13.1 Å². The van der Waals surface area contributed by atoms with Crippen molar-refractivity contribution < 1.29 is 18.3 Å². The molecule has 1 aliphatic rings. The smallest absolute Gasteiger partial charge is 0.410 e. The summed E-state index contributed by atoms with van der Waals surface area (Å²) in [4.78, 5) is 17.2. The number of carbonyl (C=O) groups is 1.